The van der Waals surface area contributed by atoms with Gasteiger partial charge in [0.1, 0.15) is 5.75 Å². The number of carbonyl (C=O) groups is 2. The molecule has 0 radical (unpaired) electrons. The highest BCUT2D eigenvalue weighted by molar-refractivity contribution is 5.95. The van der Waals surface area contributed by atoms with Crippen molar-refractivity contribution in [2.75, 3.05) is 19.8 Å². The van der Waals surface area contributed by atoms with E-state index in [1.165, 1.54) is 19.3 Å². The molecule has 0 aromatic heterocycles. The van der Waals surface area contributed by atoms with Gasteiger partial charge in [-0.25, -0.2) is 0 Å². The molecule has 2 saturated carbocycles. The number of benzene rings is 1. The molecule has 0 saturated heterocycles. The van der Waals surface area contributed by atoms with Crippen molar-refractivity contribution in [3.05, 3.63) is 29.3 Å². The molecule has 5 nitrogen and oxygen atoms in total. The van der Waals surface area contributed by atoms with Crippen LogP contribution in [-0.4, -0.2) is 42.6 Å². The van der Waals surface area contributed by atoms with Gasteiger partial charge in [0.05, 0.1) is 19.1 Å². The quantitative estimate of drug-likeness (QED) is 0.717. The molecule has 1 aromatic carbocycles. The number of esters is 1. The summed E-state index contributed by atoms with van der Waals surface area (Å²) in [5.41, 5.74) is 1.87. The van der Waals surface area contributed by atoms with Crippen LogP contribution in [-0.2, 0) is 16.0 Å². The second-order valence-electron chi connectivity index (χ2n) is 8.02. The summed E-state index contributed by atoms with van der Waals surface area (Å²) in [4.78, 5) is 27.4. The lowest BCUT2D eigenvalue weighted by Gasteiger charge is -2.35. The van der Waals surface area contributed by atoms with Crippen LogP contribution in [0.3, 0.4) is 0 Å². The van der Waals surface area contributed by atoms with Crippen LogP contribution in [0.15, 0.2) is 18.2 Å². The summed E-state index contributed by atoms with van der Waals surface area (Å²) >= 11 is 0. The smallest absolute Gasteiger partial charge is 0.309 e. The van der Waals surface area contributed by atoms with Gasteiger partial charge in [0.25, 0.3) is 5.91 Å². The van der Waals surface area contributed by atoms with E-state index in [4.69, 9.17) is 9.47 Å². The third kappa shape index (κ3) is 3.97. The van der Waals surface area contributed by atoms with Crippen molar-refractivity contribution in [2.45, 2.75) is 57.9 Å². The Balaban J connectivity index is 1.49. The zero-order valence-electron chi connectivity index (χ0n) is 16.1. The molecule has 0 bridgehead atoms. The highest BCUT2D eigenvalue weighted by atomic mass is 16.5. The summed E-state index contributed by atoms with van der Waals surface area (Å²) in [7, 11) is 0. The number of hydrogen-bond acceptors (Lipinski definition) is 4. The predicted molar refractivity (Wildman–Crippen MR) is 102 cm³/mol. The van der Waals surface area contributed by atoms with Crippen molar-refractivity contribution >= 4 is 11.9 Å². The highest BCUT2D eigenvalue weighted by Gasteiger charge is 2.46. The number of carbonyl (C=O) groups excluding carboxylic acids is 2. The Morgan fingerprint density at radius 2 is 2.04 bits per heavy atom. The standard InChI is InChI=1S/C22H29NO4/c1-2-26-22(25)19-13-17(19)14-23(18-6-4-3-5-7-18)21(24)16-8-9-20-15(12-16)10-11-27-20/h8-9,12,17-19H,2-7,10-11,13-14H2,1H3/t17-,19-/m0/s1. The van der Waals surface area contributed by atoms with Crippen LogP contribution in [0.4, 0.5) is 0 Å². The van der Waals surface area contributed by atoms with Crippen LogP contribution in [0.5, 0.6) is 5.75 Å². The molecular weight excluding hydrogens is 342 g/mol. The molecular formula is C22H29NO4. The molecule has 2 fully saturated rings. The third-order valence-electron chi connectivity index (χ3n) is 6.16. The minimum atomic E-state index is -0.103. The van der Waals surface area contributed by atoms with E-state index >= 15 is 0 Å². The van der Waals surface area contributed by atoms with Gasteiger partial charge in [-0.05, 0) is 55.9 Å². The monoisotopic (exact) mass is 371 g/mol. The molecule has 1 heterocycles. The summed E-state index contributed by atoms with van der Waals surface area (Å²) in [5, 5.41) is 0. The van der Waals surface area contributed by atoms with Gasteiger partial charge in [0.2, 0.25) is 0 Å². The summed E-state index contributed by atoms with van der Waals surface area (Å²) in [6, 6.07) is 6.10. The molecule has 2 aliphatic carbocycles. The van der Waals surface area contributed by atoms with Crippen molar-refractivity contribution in [1.29, 1.82) is 0 Å². The lowest BCUT2D eigenvalue weighted by atomic mass is 9.93. The van der Waals surface area contributed by atoms with E-state index in [1.54, 1.807) is 0 Å². The minimum Gasteiger partial charge on any atom is -0.493 e. The number of ether oxygens (including phenoxy) is 2. The molecule has 5 heteroatoms. The molecule has 2 atom stereocenters. The lowest BCUT2D eigenvalue weighted by molar-refractivity contribution is -0.145. The van der Waals surface area contributed by atoms with Gasteiger partial charge < -0.3 is 14.4 Å². The first kappa shape index (κ1) is 18.3. The number of nitrogens with zero attached hydrogens (tertiary/aromatic N) is 1. The van der Waals surface area contributed by atoms with E-state index in [-0.39, 0.29) is 23.7 Å². The van der Waals surface area contributed by atoms with E-state index in [0.717, 1.165) is 42.6 Å². The number of amides is 1. The van der Waals surface area contributed by atoms with Gasteiger partial charge in [0, 0.05) is 24.6 Å². The van der Waals surface area contributed by atoms with E-state index in [0.29, 0.717) is 25.8 Å². The van der Waals surface area contributed by atoms with Crippen molar-refractivity contribution in [1.82, 2.24) is 4.90 Å². The first-order valence-electron chi connectivity index (χ1n) is 10.4. The summed E-state index contributed by atoms with van der Waals surface area (Å²) < 4.78 is 10.7. The zero-order valence-corrected chi connectivity index (χ0v) is 16.1. The van der Waals surface area contributed by atoms with Gasteiger partial charge in [-0.2, -0.15) is 0 Å². The maximum Gasteiger partial charge on any atom is 0.309 e. The van der Waals surface area contributed by atoms with E-state index in [9.17, 15) is 9.59 Å². The maximum absolute atomic E-state index is 13.4. The second kappa shape index (κ2) is 7.91. The number of rotatable bonds is 6. The fraction of sp³-hybridized carbons (Fsp3) is 0.636. The molecule has 146 valence electrons. The zero-order chi connectivity index (χ0) is 18.8. The molecule has 1 aliphatic heterocycles. The topological polar surface area (TPSA) is 55.8 Å². The molecule has 27 heavy (non-hydrogen) atoms. The molecule has 3 aliphatic rings. The predicted octanol–water partition coefficient (Wildman–Crippen LogP) is 3.60. The Morgan fingerprint density at radius 1 is 1.22 bits per heavy atom. The van der Waals surface area contributed by atoms with Crippen LogP contribution in [0, 0.1) is 11.8 Å². The Hall–Kier alpha value is -2.04. The number of fused-ring (bicyclic) bond motifs is 1. The normalized spacial score (nSPS) is 24.0. The minimum absolute atomic E-state index is 0.0303. The van der Waals surface area contributed by atoms with Gasteiger partial charge >= 0.3 is 5.97 Å². The molecule has 4 rings (SSSR count). The second-order valence-corrected chi connectivity index (χ2v) is 8.02. The fourth-order valence-electron chi connectivity index (χ4n) is 4.52. The van der Waals surface area contributed by atoms with Gasteiger partial charge in [0.15, 0.2) is 0 Å². The van der Waals surface area contributed by atoms with Crippen LogP contribution < -0.4 is 4.74 Å². The first-order valence-corrected chi connectivity index (χ1v) is 10.4. The molecule has 0 spiro atoms. The van der Waals surface area contributed by atoms with E-state index in [1.807, 2.05) is 25.1 Å². The van der Waals surface area contributed by atoms with Crippen molar-refractivity contribution in [2.24, 2.45) is 11.8 Å². The fourth-order valence-corrected chi connectivity index (χ4v) is 4.52. The van der Waals surface area contributed by atoms with E-state index < -0.39 is 0 Å². The maximum atomic E-state index is 13.4. The average Bonchev–Trinajstić information content (AvgIpc) is 3.32. The van der Waals surface area contributed by atoms with Crippen molar-refractivity contribution < 1.29 is 19.1 Å². The summed E-state index contributed by atoms with van der Waals surface area (Å²) in [5.74, 6) is 1.12. The summed E-state index contributed by atoms with van der Waals surface area (Å²) in [6.07, 6.45) is 7.45. The van der Waals surface area contributed by atoms with Crippen LogP contribution in [0.2, 0.25) is 0 Å². The highest BCUT2D eigenvalue weighted by Crippen LogP contribution is 2.41. The molecule has 0 unspecified atom stereocenters. The Kier molecular flexibility index (Phi) is 5.37. The lowest BCUT2D eigenvalue weighted by Crippen LogP contribution is -2.43. The van der Waals surface area contributed by atoms with Crippen LogP contribution in [0.25, 0.3) is 0 Å². The third-order valence-corrected chi connectivity index (χ3v) is 6.16. The van der Waals surface area contributed by atoms with Gasteiger partial charge in [-0.3, -0.25) is 9.59 Å². The van der Waals surface area contributed by atoms with Crippen molar-refractivity contribution in [3.63, 3.8) is 0 Å². The van der Waals surface area contributed by atoms with E-state index in [2.05, 4.69) is 4.90 Å². The van der Waals surface area contributed by atoms with Crippen molar-refractivity contribution in [3.8, 4) is 5.75 Å². The molecule has 1 aromatic rings. The number of hydrogen-bond donors (Lipinski definition) is 0. The largest absolute Gasteiger partial charge is 0.493 e. The SMILES string of the molecule is CCOC(=O)[C@H]1C[C@H]1CN(C(=O)c1ccc2c(c1)CCO2)C1CCCCC1. The van der Waals surface area contributed by atoms with Gasteiger partial charge in [-0.1, -0.05) is 19.3 Å². The van der Waals surface area contributed by atoms with Crippen LogP contribution >= 0.6 is 0 Å². The Labute approximate surface area is 161 Å². The van der Waals surface area contributed by atoms with Gasteiger partial charge in [-0.15, -0.1) is 0 Å². The summed E-state index contributed by atoms with van der Waals surface area (Å²) in [6.45, 7) is 3.62. The average molecular weight is 371 g/mol. The Bertz CT molecular complexity index is 710. The molecule has 0 N–H and O–H groups in total. The Morgan fingerprint density at radius 3 is 2.81 bits per heavy atom. The first-order chi connectivity index (χ1) is 13.2. The van der Waals surface area contributed by atoms with Crippen LogP contribution in [0.1, 0.15) is 61.4 Å². The molecule has 1 amide bonds.